The summed E-state index contributed by atoms with van der Waals surface area (Å²) in [5.41, 5.74) is 4.13. The number of benzene rings is 2. The minimum absolute atomic E-state index is 0.0158. The zero-order chi connectivity index (χ0) is 24.8. The molecule has 36 heavy (non-hydrogen) atoms. The van der Waals surface area contributed by atoms with Crippen molar-refractivity contribution in [2.24, 2.45) is 0 Å². The number of carbonyl (C=O) groups is 3. The third-order valence-corrected chi connectivity index (χ3v) is 7.89. The number of anilines is 2. The second-order valence-corrected chi connectivity index (χ2v) is 11.1. The van der Waals surface area contributed by atoms with Crippen LogP contribution in [0.1, 0.15) is 45.1 Å². The summed E-state index contributed by atoms with van der Waals surface area (Å²) >= 11 is 4.88. The Morgan fingerprint density at radius 1 is 1.08 bits per heavy atom. The van der Waals surface area contributed by atoms with E-state index < -0.39 is 0 Å². The van der Waals surface area contributed by atoms with Crippen molar-refractivity contribution in [3.05, 3.63) is 69.2 Å². The molecule has 2 aromatic heterocycles. The average molecular weight is 565 g/mol. The maximum atomic E-state index is 13.2. The van der Waals surface area contributed by atoms with E-state index in [9.17, 15) is 14.4 Å². The number of hydrogen-bond acceptors (Lipinski definition) is 6. The Morgan fingerprint density at radius 2 is 1.97 bits per heavy atom. The predicted octanol–water partition coefficient (Wildman–Crippen LogP) is 4.44. The molecule has 0 unspecified atom stereocenters. The summed E-state index contributed by atoms with van der Waals surface area (Å²) in [4.78, 5) is 48.6. The van der Waals surface area contributed by atoms with Gasteiger partial charge in [-0.3, -0.25) is 14.4 Å². The number of hydrogen-bond donors (Lipinski definition) is 2. The average Bonchev–Trinajstić information content (AvgIpc) is 3.40. The molecule has 0 atom stereocenters. The van der Waals surface area contributed by atoms with E-state index in [-0.39, 0.29) is 23.4 Å². The molecule has 2 aromatic carbocycles. The first-order valence-corrected chi connectivity index (χ1v) is 13.2. The van der Waals surface area contributed by atoms with E-state index in [1.54, 1.807) is 23.2 Å². The van der Waals surface area contributed by atoms with Crippen molar-refractivity contribution in [3.8, 4) is 0 Å². The molecule has 0 fully saturated rings. The first kappa shape index (κ1) is 22.9. The molecule has 2 N–H and O–H groups in total. The molecular weight excluding hydrogens is 544 g/mol. The number of nitrogens with one attached hydrogen (secondary N) is 2. The van der Waals surface area contributed by atoms with Crippen molar-refractivity contribution in [1.82, 2.24) is 19.4 Å². The molecular formula is C25H21BrN6O3S. The number of fused-ring (bicyclic) bond motifs is 3. The number of thiazole rings is 1. The molecule has 0 saturated heterocycles. The predicted molar refractivity (Wildman–Crippen MR) is 140 cm³/mol. The van der Waals surface area contributed by atoms with E-state index >= 15 is 0 Å². The fourth-order valence-corrected chi connectivity index (χ4v) is 6.03. The van der Waals surface area contributed by atoms with E-state index in [2.05, 4.69) is 36.5 Å². The third-order valence-electron chi connectivity index (χ3n) is 6.42. The fraction of sp³-hybridized carbons (Fsp3) is 0.240. The number of aryl methyl sites for hydroxylation is 1. The molecule has 0 spiro atoms. The Balaban J connectivity index is 1.16. The second-order valence-electron chi connectivity index (χ2n) is 8.84. The summed E-state index contributed by atoms with van der Waals surface area (Å²) in [6.45, 7) is 1.40. The molecule has 9 nitrogen and oxygen atoms in total. The van der Waals surface area contributed by atoms with Gasteiger partial charge in [0.05, 0.1) is 16.8 Å². The highest BCUT2D eigenvalue weighted by molar-refractivity contribution is 9.11. The van der Waals surface area contributed by atoms with Crippen molar-refractivity contribution < 1.29 is 14.4 Å². The fourth-order valence-electron chi connectivity index (χ4n) is 4.58. The summed E-state index contributed by atoms with van der Waals surface area (Å²) in [5.74, 6) is 0.234. The Bertz CT molecular complexity index is 1540. The van der Waals surface area contributed by atoms with Crippen molar-refractivity contribution in [2.75, 3.05) is 17.2 Å². The van der Waals surface area contributed by atoms with E-state index in [1.807, 2.05) is 28.8 Å². The van der Waals surface area contributed by atoms with Gasteiger partial charge in [0.15, 0.2) is 3.92 Å². The van der Waals surface area contributed by atoms with Crippen LogP contribution in [0.3, 0.4) is 0 Å². The Morgan fingerprint density at radius 3 is 2.86 bits per heavy atom. The zero-order valence-electron chi connectivity index (χ0n) is 19.1. The monoisotopic (exact) mass is 564 g/mol. The first-order chi connectivity index (χ1) is 17.4. The molecule has 0 bridgehead atoms. The molecule has 4 heterocycles. The van der Waals surface area contributed by atoms with Gasteiger partial charge < -0.3 is 20.1 Å². The number of halogens is 1. The van der Waals surface area contributed by atoms with Crippen LogP contribution in [0.15, 0.2) is 46.5 Å². The molecule has 11 heteroatoms. The zero-order valence-corrected chi connectivity index (χ0v) is 21.5. The van der Waals surface area contributed by atoms with Crippen molar-refractivity contribution >= 4 is 66.6 Å². The summed E-state index contributed by atoms with van der Waals surface area (Å²) in [6.07, 6.45) is 3.84. The number of nitrogens with zero attached hydrogens (tertiary/aromatic N) is 4. The summed E-state index contributed by atoms with van der Waals surface area (Å²) in [5, 5.41) is 5.78. The summed E-state index contributed by atoms with van der Waals surface area (Å²) < 4.78 is 3.64. The third kappa shape index (κ3) is 4.40. The maximum absolute atomic E-state index is 13.2. The van der Waals surface area contributed by atoms with E-state index in [4.69, 9.17) is 0 Å². The lowest BCUT2D eigenvalue weighted by Gasteiger charge is -2.27. The van der Waals surface area contributed by atoms with Gasteiger partial charge in [-0.05, 0) is 64.7 Å². The number of aromatic nitrogens is 3. The summed E-state index contributed by atoms with van der Waals surface area (Å²) in [6, 6.07) is 11.1. The first-order valence-electron chi connectivity index (χ1n) is 11.6. The van der Waals surface area contributed by atoms with Gasteiger partial charge in [-0.1, -0.05) is 6.07 Å². The molecule has 2 aliphatic rings. The van der Waals surface area contributed by atoms with Crippen LogP contribution in [0, 0.1) is 0 Å². The molecule has 3 amide bonds. The van der Waals surface area contributed by atoms with Gasteiger partial charge in [-0.2, -0.15) is 0 Å². The van der Waals surface area contributed by atoms with Crippen LogP contribution in [0.4, 0.5) is 11.4 Å². The van der Waals surface area contributed by atoms with Crippen molar-refractivity contribution in [2.45, 2.75) is 32.4 Å². The molecule has 0 radical (unpaired) electrons. The van der Waals surface area contributed by atoms with Crippen LogP contribution in [-0.4, -0.2) is 43.7 Å². The molecule has 4 aromatic rings. The highest BCUT2D eigenvalue weighted by Gasteiger charge is 2.25. The molecule has 0 aliphatic carbocycles. The second kappa shape index (κ2) is 9.14. The Hall–Kier alpha value is -3.57. The van der Waals surface area contributed by atoms with Crippen LogP contribution in [0.2, 0.25) is 0 Å². The molecule has 6 rings (SSSR count). The SMILES string of the molecule is O=C1CCCc2ccc(NC(=O)c3cn4c(n3)CN(C(=O)c3ccc5nc(Br)sc5c3)CC4)cc2N1. The van der Waals surface area contributed by atoms with Gasteiger partial charge in [-0.25, -0.2) is 9.97 Å². The van der Waals surface area contributed by atoms with Crippen LogP contribution in [0.25, 0.3) is 10.2 Å². The minimum Gasteiger partial charge on any atom is -0.331 e. The number of rotatable bonds is 3. The maximum Gasteiger partial charge on any atom is 0.275 e. The highest BCUT2D eigenvalue weighted by Crippen LogP contribution is 2.28. The standard InChI is InChI=1S/C25H21BrN6O3S/c26-25-30-17-7-5-15(10-20(17)36-25)24(35)32-9-8-31-12-19(28-21(31)13-32)23(34)27-16-6-4-14-2-1-3-22(33)29-18(14)11-16/h4-7,10-12H,1-3,8-9,13H2,(H,27,34)(H,29,33). The van der Waals surface area contributed by atoms with Gasteiger partial charge in [0.1, 0.15) is 11.5 Å². The smallest absolute Gasteiger partial charge is 0.275 e. The van der Waals surface area contributed by atoms with Gasteiger partial charge in [-0.15, -0.1) is 11.3 Å². The quantitative estimate of drug-likeness (QED) is 0.382. The lowest BCUT2D eigenvalue weighted by atomic mass is 10.1. The Labute approximate surface area is 218 Å². The lowest BCUT2D eigenvalue weighted by Crippen LogP contribution is -2.38. The summed E-state index contributed by atoms with van der Waals surface area (Å²) in [7, 11) is 0. The van der Waals surface area contributed by atoms with E-state index in [0.29, 0.717) is 43.1 Å². The van der Waals surface area contributed by atoms with Gasteiger partial charge >= 0.3 is 0 Å². The molecule has 2 aliphatic heterocycles. The van der Waals surface area contributed by atoms with Crippen LogP contribution in [0.5, 0.6) is 0 Å². The number of amides is 3. The van der Waals surface area contributed by atoms with E-state index in [1.165, 1.54) is 11.3 Å². The highest BCUT2D eigenvalue weighted by atomic mass is 79.9. The number of carbonyl (C=O) groups excluding carboxylic acids is 3. The minimum atomic E-state index is -0.337. The van der Waals surface area contributed by atoms with Crippen molar-refractivity contribution in [1.29, 1.82) is 0 Å². The largest absolute Gasteiger partial charge is 0.331 e. The Kier molecular flexibility index (Phi) is 5.81. The normalized spacial score (nSPS) is 15.1. The molecule has 0 saturated carbocycles. The molecule has 182 valence electrons. The van der Waals surface area contributed by atoms with E-state index in [0.717, 1.165) is 38.2 Å². The van der Waals surface area contributed by atoms with Crippen LogP contribution in [-0.2, 0) is 24.3 Å². The van der Waals surface area contributed by atoms with Gasteiger partial charge in [0.25, 0.3) is 11.8 Å². The van der Waals surface area contributed by atoms with Crippen LogP contribution >= 0.6 is 27.3 Å². The lowest BCUT2D eigenvalue weighted by molar-refractivity contribution is -0.116. The van der Waals surface area contributed by atoms with Crippen molar-refractivity contribution in [3.63, 3.8) is 0 Å². The van der Waals surface area contributed by atoms with Gasteiger partial charge in [0.2, 0.25) is 5.91 Å². The van der Waals surface area contributed by atoms with Crippen LogP contribution < -0.4 is 10.6 Å². The number of imidazole rings is 1. The topological polar surface area (TPSA) is 109 Å². The van der Waals surface area contributed by atoms with Gasteiger partial charge in [0, 0.05) is 42.6 Å².